The van der Waals surface area contributed by atoms with E-state index in [1.54, 1.807) is 0 Å². The number of hydrogen-bond acceptors (Lipinski definition) is 3. The number of benzene rings is 1. The zero-order chi connectivity index (χ0) is 22.3. The predicted molar refractivity (Wildman–Crippen MR) is 140 cm³/mol. The standard InChI is InChI=1S/C28H42N4S/c33-26-31-30-25-23-16-10-11-17-24(23)29-28(25)27(18-12-6-1-2-7-13-19-27)21-14-8-4-3-5-9-15-22(20-21)32(26)28/h10-11,16-17,21-22,25,29-30H,1-9,12-15,18-20H2,(H,31,33). The van der Waals surface area contributed by atoms with Gasteiger partial charge in [-0.15, -0.1) is 0 Å². The van der Waals surface area contributed by atoms with E-state index in [-0.39, 0.29) is 17.1 Å². The highest BCUT2D eigenvalue weighted by molar-refractivity contribution is 7.80. The van der Waals surface area contributed by atoms with Gasteiger partial charge in [0.25, 0.3) is 0 Å². The first-order valence-electron chi connectivity index (χ1n) is 14.0. The number of hydrazine groups is 1. The summed E-state index contributed by atoms with van der Waals surface area (Å²) >= 11 is 6.13. The first-order chi connectivity index (χ1) is 16.3. The van der Waals surface area contributed by atoms with Gasteiger partial charge in [0, 0.05) is 17.1 Å². The molecule has 1 aromatic carbocycles. The molecule has 4 atom stereocenters. The summed E-state index contributed by atoms with van der Waals surface area (Å²) in [6.45, 7) is 0. The third-order valence-electron chi connectivity index (χ3n) is 9.99. The Bertz CT molecular complexity index is 861. The maximum atomic E-state index is 6.13. The zero-order valence-corrected chi connectivity index (χ0v) is 21.0. The molecule has 3 aliphatic heterocycles. The Kier molecular flexibility index (Phi) is 6.06. The molecule has 0 amide bonds. The molecule has 4 nitrogen and oxygen atoms in total. The van der Waals surface area contributed by atoms with E-state index in [1.807, 2.05) is 0 Å². The lowest BCUT2D eigenvalue weighted by atomic mass is 9.53. The summed E-state index contributed by atoms with van der Waals surface area (Å²) in [5.74, 6) is 0.780. The van der Waals surface area contributed by atoms with Crippen molar-refractivity contribution in [2.24, 2.45) is 11.3 Å². The molecule has 2 bridgehead atoms. The minimum absolute atomic E-state index is 0.157. The molecular formula is C28H42N4S. The maximum absolute atomic E-state index is 6.13. The van der Waals surface area contributed by atoms with Crippen LogP contribution in [0, 0.1) is 11.3 Å². The smallest absolute Gasteiger partial charge is 0.185 e. The topological polar surface area (TPSA) is 39.3 Å². The summed E-state index contributed by atoms with van der Waals surface area (Å²) in [5, 5.41) is 5.18. The van der Waals surface area contributed by atoms with Gasteiger partial charge in [0.15, 0.2) is 5.11 Å². The Balaban J connectivity index is 1.54. The van der Waals surface area contributed by atoms with Crippen molar-refractivity contribution in [1.82, 2.24) is 15.8 Å². The number of nitrogens with zero attached hydrogens (tertiary/aromatic N) is 1. The average molecular weight is 467 g/mol. The van der Waals surface area contributed by atoms with Crippen LogP contribution in [0.1, 0.15) is 114 Å². The molecule has 3 heterocycles. The van der Waals surface area contributed by atoms with Crippen LogP contribution in [0.3, 0.4) is 0 Å². The van der Waals surface area contributed by atoms with Crippen molar-refractivity contribution in [2.45, 2.75) is 120 Å². The normalized spacial score (nSPS) is 36.2. The summed E-state index contributed by atoms with van der Waals surface area (Å²) in [6.07, 6.45) is 22.0. The van der Waals surface area contributed by atoms with E-state index in [0.29, 0.717) is 6.04 Å². The Labute approximate surface area is 205 Å². The SMILES string of the molecule is S=C1NNC2c3ccccc3NC23N1C1CCCCCCCC(C1)C31CCCCCCCC1. The van der Waals surface area contributed by atoms with Gasteiger partial charge < -0.3 is 10.2 Å². The van der Waals surface area contributed by atoms with Crippen LogP contribution in [-0.4, -0.2) is 21.7 Å². The van der Waals surface area contributed by atoms with E-state index in [9.17, 15) is 0 Å². The number of piperidine rings is 1. The van der Waals surface area contributed by atoms with Crippen molar-refractivity contribution in [2.75, 3.05) is 5.32 Å². The molecule has 0 radical (unpaired) electrons. The number of para-hydroxylation sites is 1. The zero-order valence-electron chi connectivity index (χ0n) is 20.2. The first kappa shape index (κ1) is 22.2. The molecule has 2 saturated carbocycles. The summed E-state index contributed by atoms with van der Waals surface area (Å²) < 4.78 is 0. The molecule has 5 heteroatoms. The third kappa shape index (κ3) is 3.43. The van der Waals surface area contributed by atoms with Crippen molar-refractivity contribution in [3.63, 3.8) is 0 Å². The van der Waals surface area contributed by atoms with Crippen LogP contribution in [0.25, 0.3) is 0 Å². The molecule has 5 aliphatic rings. The predicted octanol–water partition coefficient (Wildman–Crippen LogP) is 6.80. The Hall–Kier alpha value is -1.33. The average Bonchev–Trinajstić information content (AvgIpc) is 3.22. The number of rotatable bonds is 0. The highest BCUT2D eigenvalue weighted by Crippen LogP contribution is 2.65. The lowest BCUT2D eigenvalue weighted by Gasteiger charge is -2.68. The summed E-state index contributed by atoms with van der Waals surface area (Å²) in [7, 11) is 0. The van der Waals surface area contributed by atoms with Gasteiger partial charge in [-0.25, -0.2) is 5.43 Å². The van der Waals surface area contributed by atoms with Gasteiger partial charge >= 0.3 is 0 Å². The second kappa shape index (κ2) is 9.03. The van der Waals surface area contributed by atoms with Crippen LogP contribution in [0.5, 0.6) is 0 Å². The van der Waals surface area contributed by atoms with Crippen LogP contribution < -0.4 is 16.2 Å². The first-order valence-corrected chi connectivity index (χ1v) is 14.4. The second-order valence-electron chi connectivity index (χ2n) is 11.6. The number of hydrogen-bond donors (Lipinski definition) is 3. The van der Waals surface area contributed by atoms with Gasteiger partial charge in [0.05, 0.1) is 6.04 Å². The molecule has 33 heavy (non-hydrogen) atoms. The molecule has 2 saturated heterocycles. The van der Waals surface area contributed by atoms with Gasteiger partial charge in [-0.2, -0.15) is 0 Å². The van der Waals surface area contributed by atoms with E-state index in [0.717, 1.165) is 11.0 Å². The Morgan fingerprint density at radius 3 is 2.27 bits per heavy atom. The fourth-order valence-electron chi connectivity index (χ4n) is 8.62. The molecule has 4 unspecified atom stereocenters. The second-order valence-corrected chi connectivity index (χ2v) is 12.0. The number of anilines is 1. The van der Waals surface area contributed by atoms with E-state index < -0.39 is 0 Å². The van der Waals surface area contributed by atoms with Gasteiger partial charge in [0.2, 0.25) is 0 Å². The fraction of sp³-hybridized carbons (Fsp3) is 0.750. The minimum atomic E-state index is -0.157. The molecule has 2 aliphatic carbocycles. The third-order valence-corrected chi connectivity index (χ3v) is 10.3. The molecule has 180 valence electrons. The lowest BCUT2D eigenvalue weighted by Crippen LogP contribution is -2.81. The molecule has 0 aromatic heterocycles. The fourth-order valence-corrected chi connectivity index (χ4v) is 8.97. The summed E-state index contributed by atoms with van der Waals surface area (Å²) in [4.78, 5) is 2.72. The van der Waals surface area contributed by atoms with Crippen LogP contribution in [-0.2, 0) is 0 Å². The number of fused-ring (bicyclic) bond motifs is 6. The van der Waals surface area contributed by atoms with Gasteiger partial charge in [-0.3, -0.25) is 5.43 Å². The van der Waals surface area contributed by atoms with E-state index in [2.05, 4.69) is 45.3 Å². The molecular weight excluding hydrogens is 424 g/mol. The largest absolute Gasteiger partial charge is 0.360 e. The van der Waals surface area contributed by atoms with Crippen LogP contribution in [0.15, 0.2) is 24.3 Å². The van der Waals surface area contributed by atoms with Crippen LogP contribution in [0.2, 0.25) is 0 Å². The van der Waals surface area contributed by atoms with Crippen molar-refractivity contribution in [3.8, 4) is 0 Å². The summed E-state index contributed by atoms with van der Waals surface area (Å²) in [5.41, 5.74) is 10.1. The molecule has 1 aromatic rings. The lowest BCUT2D eigenvalue weighted by molar-refractivity contribution is -0.133. The maximum Gasteiger partial charge on any atom is 0.185 e. The van der Waals surface area contributed by atoms with E-state index in [4.69, 9.17) is 12.2 Å². The van der Waals surface area contributed by atoms with Gasteiger partial charge in [0.1, 0.15) is 5.66 Å². The Morgan fingerprint density at radius 1 is 0.818 bits per heavy atom. The van der Waals surface area contributed by atoms with Crippen molar-refractivity contribution >= 4 is 23.0 Å². The van der Waals surface area contributed by atoms with Crippen molar-refractivity contribution in [3.05, 3.63) is 29.8 Å². The number of nitrogens with one attached hydrogen (secondary N) is 3. The van der Waals surface area contributed by atoms with Crippen LogP contribution >= 0.6 is 12.2 Å². The molecule has 6 rings (SSSR count). The summed E-state index contributed by atoms with van der Waals surface area (Å²) in [6, 6.07) is 9.82. The highest BCUT2D eigenvalue weighted by atomic mass is 32.1. The molecule has 2 spiro atoms. The minimum Gasteiger partial charge on any atom is -0.360 e. The van der Waals surface area contributed by atoms with Crippen molar-refractivity contribution < 1.29 is 0 Å². The quantitative estimate of drug-likeness (QED) is 0.367. The van der Waals surface area contributed by atoms with Gasteiger partial charge in [-0.1, -0.05) is 88.8 Å². The highest BCUT2D eigenvalue weighted by Gasteiger charge is 2.69. The molecule has 3 N–H and O–H groups in total. The van der Waals surface area contributed by atoms with Gasteiger partial charge in [-0.05, 0) is 61.9 Å². The van der Waals surface area contributed by atoms with E-state index in [1.165, 1.54) is 114 Å². The monoisotopic (exact) mass is 466 g/mol. The molecule has 4 fully saturated rings. The van der Waals surface area contributed by atoms with Crippen molar-refractivity contribution in [1.29, 1.82) is 0 Å². The van der Waals surface area contributed by atoms with E-state index >= 15 is 0 Å². The number of thiocarbonyl (C=S) groups is 1. The Morgan fingerprint density at radius 2 is 1.48 bits per heavy atom. The van der Waals surface area contributed by atoms with Crippen LogP contribution in [0.4, 0.5) is 5.69 Å².